The van der Waals surface area contributed by atoms with Crippen molar-refractivity contribution in [3.63, 3.8) is 0 Å². The number of benzene rings is 1. The lowest BCUT2D eigenvalue weighted by Gasteiger charge is -2.17. The minimum Gasteiger partial charge on any atom is -0.506 e. The number of anilines is 1. The van der Waals surface area contributed by atoms with Gasteiger partial charge in [0.2, 0.25) is 5.91 Å². The minimum atomic E-state index is -4.40. The van der Waals surface area contributed by atoms with Crippen LogP contribution in [0.15, 0.2) is 23.1 Å². The smallest absolute Gasteiger partial charge is 0.294 e. The Morgan fingerprint density at radius 1 is 1.42 bits per heavy atom. The highest BCUT2D eigenvalue weighted by molar-refractivity contribution is 7.85. The largest absolute Gasteiger partial charge is 0.506 e. The second-order valence-electron chi connectivity index (χ2n) is 4.20. The lowest BCUT2D eigenvalue weighted by molar-refractivity contribution is -0.117. The van der Waals surface area contributed by atoms with E-state index in [2.05, 4.69) is 5.92 Å². The molecular weight excluding hydrogens is 270 g/mol. The van der Waals surface area contributed by atoms with Crippen LogP contribution in [0.1, 0.15) is 6.42 Å². The van der Waals surface area contributed by atoms with E-state index in [0.717, 1.165) is 18.2 Å². The van der Waals surface area contributed by atoms with Crippen LogP contribution in [0.2, 0.25) is 0 Å². The predicted octanol–water partition coefficient (Wildman–Crippen LogP) is 0.625. The van der Waals surface area contributed by atoms with Crippen molar-refractivity contribution in [2.75, 3.05) is 11.4 Å². The van der Waals surface area contributed by atoms with Gasteiger partial charge in [0.1, 0.15) is 5.75 Å². The number of terminal acetylenes is 1. The van der Waals surface area contributed by atoms with Crippen LogP contribution in [0.3, 0.4) is 0 Å². The summed E-state index contributed by atoms with van der Waals surface area (Å²) in [7, 11) is -4.40. The molecule has 19 heavy (non-hydrogen) atoms. The average Bonchev–Trinajstić information content (AvgIpc) is 2.69. The number of hydrogen-bond acceptors (Lipinski definition) is 4. The first-order valence-corrected chi connectivity index (χ1v) is 6.84. The molecule has 1 aliphatic heterocycles. The number of rotatable bonds is 2. The van der Waals surface area contributed by atoms with E-state index in [9.17, 15) is 18.3 Å². The summed E-state index contributed by atoms with van der Waals surface area (Å²) in [6.45, 7) is 0.206. The molecule has 0 aliphatic carbocycles. The zero-order valence-electron chi connectivity index (χ0n) is 9.78. The van der Waals surface area contributed by atoms with Crippen LogP contribution >= 0.6 is 0 Å². The van der Waals surface area contributed by atoms with Crippen LogP contribution in [0.4, 0.5) is 5.69 Å². The third-order valence-electron chi connectivity index (χ3n) is 2.90. The van der Waals surface area contributed by atoms with Gasteiger partial charge in [0.15, 0.2) is 0 Å². The standard InChI is InChI=1S/C12H11NO5S/c1-2-8-5-12(15)13(7-8)10-6-9(19(16,17)18)3-4-11(10)14/h1,3-4,6,8,14H,5,7H2,(H,16,17,18). The summed E-state index contributed by atoms with van der Waals surface area (Å²) in [5, 5.41) is 9.72. The first kappa shape index (κ1) is 13.4. The Hall–Kier alpha value is -2.04. The van der Waals surface area contributed by atoms with Crippen molar-refractivity contribution in [2.45, 2.75) is 11.3 Å². The number of phenolic OH excluding ortho intramolecular Hbond substituents is 1. The van der Waals surface area contributed by atoms with Crippen molar-refractivity contribution in [3.05, 3.63) is 18.2 Å². The van der Waals surface area contributed by atoms with E-state index >= 15 is 0 Å². The van der Waals surface area contributed by atoms with Crippen LogP contribution in [0.5, 0.6) is 5.75 Å². The van der Waals surface area contributed by atoms with Crippen LogP contribution in [0.25, 0.3) is 0 Å². The van der Waals surface area contributed by atoms with Crippen molar-refractivity contribution in [1.29, 1.82) is 0 Å². The van der Waals surface area contributed by atoms with E-state index in [1.54, 1.807) is 0 Å². The maximum absolute atomic E-state index is 11.8. The van der Waals surface area contributed by atoms with Crippen molar-refractivity contribution in [1.82, 2.24) is 0 Å². The number of hydrogen-bond donors (Lipinski definition) is 2. The normalized spacial score (nSPS) is 19.5. The molecule has 1 unspecified atom stereocenters. The van der Waals surface area contributed by atoms with Gasteiger partial charge in [-0.25, -0.2) is 0 Å². The molecule has 0 aromatic heterocycles. The Labute approximate surface area is 110 Å². The second kappa shape index (κ2) is 4.57. The summed E-state index contributed by atoms with van der Waals surface area (Å²) < 4.78 is 31.1. The molecule has 1 amide bonds. The summed E-state index contributed by atoms with van der Waals surface area (Å²) in [5.41, 5.74) is 0.0258. The lowest BCUT2D eigenvalue weighted by atomic mass is 10.1. The molecule has 1 aromatic rings. The number of phenols is 1. The molecule has 7 heteroatoms. The number of carbonyl (C=O) groups excluding carboxylic acids is 1. The molecule has 0 spiro atoms. The van der Waals surface area contributed by atoms with Gasteiger partial charge in [-0.1, -0.05) is 0 Å². The molecular formula is C12H11NO5S. The van der Waals surface area contributed by atoms with Crippen molar-refractivity contribution >= 4 is 21.7 Å². The molecule has 0 radical (unpaired) electrons. The molecule has 1 fully saturated rings. The van der Waals surface area contributed by atoms with Crippen LogP contribution < -0.4 is 4.90 Å². The molecule has 1 aromatic carbocycles. The van der Waals surface area contributed by atoms with Gasteiger partial charge < -0.3 is 10.0 Å². The summed E-state index contributed by atoms with van der Waals surface area (Å²) in [4.78, 5) is 12.6. The van der Waals surface area contributed by atoms with Crippen molar-refractivity contribution in [2.24, 2.45) is 5.92 Å². The van der Waals surface area contributed by atoms with E-state index in [-0.39, 0.29) is 36.2 Å². The maximum Gasteiger partial charge on any atom is 0.294 e. The highest BCUT2D eigenvalue weighted by Gasteiger charge is 2.31. The van der Waals surface area contributed by atoms with Gasteiger partial charge in [-0.05, 0) is 18.2 Å². The maximum atomic E-state index is 11.8. The van der Waals surface area contributed by atoms with E-state index < -0.39 is 15.0 Å². The molecule has 1 atom stereocenters. The summed E-state index contributed by atoms with van der Waals surface area (Å²) >= 11 is 0. The highest BCUT2D eigenvalue weighted by atomic mass is 32.2. The fourth-order valence-corrected chi connectivity index (χ4v) is 2.43. The van der Waals surface area contributed by atoms with E-state index in [1.165, 1.54) is 4.90 Å². The van der Waals surface area contributed by atoms with E-state index in [1.807, 2.05) is 0 Å². The molecule has 100 valence electrons. The molecule has 2 rings (SSSR count). The number of aromatic hydroxyl groups is 1. The fraction of sp³-hybridized carbons (Fsp3) is 0.250. The highest BCUT2D eigenvalue weighted by Crippen LogP contribution is 2.34. The van der Waals surface area contributed by atoms with Crippen molar-refractivity contribution < 1.29 is 22.9 Å². The molecule has 0 bridgehead atoms. The van der Waals surface area contributed by atoms with Crippen LogP contribution in [-0.4, -0.2) is 30.5 Å². The fourth-order valence-electron chi connectivity index (χ4n) is 1.93. The van der Waals surface area contributed by atoms with E-state index in [0.29, 0.717) is 0 Å². The lowest BCUT2D eigenvalue weighted by Crippen LogP contribution is -2.24. The predicted molar refractivity (Wildman–Crippen MR) is 67.2 cm³/mol. The quantitative estimate of drug-likeness (QED) is 0.612. The van der Waals surface area contributed by atoms with E-state index in [4.69, 9.17) is 11.0 Å². The molecule has 1 heterocycles. The van der Waals surface area contributed by atoms with Crippen LogP contribution in [0, 0.1) is 18.3 Å². The van der Waals surface area contributed by atoms with Gasteiger partial charge in [-0.2, -0.15) is 8.42 Å². The zero-order valence-corrected chi connectivity index (χ0v) is 10.6. The second-order valence-corrected chi connectivity index (χ2v) is 5.62. The Morgan fingerprint density at radius 3 is 2.63 bits per heavy atom. The minimum absolute atomic E-state index is 0.0258. The monoisotopic (exact) mass is 281 g/mol. The van der Waals surface area contributed by atoms with Crippen LogP contribution in [-0.2, 0) is 14.9 Å². The molecule has 2 N–H and O–H groups in total. The first-order valence-electron chi connectivity index (χ1n) is 5.40. The Bertz CT molecular complexity index is 674. The topological polar surface area (TPSA) is 94.9 Å². The Balaban J connectivity index is 2.46. The third kappa shape index (κ3) is 2.54. The molecule has 6 nitrogen and oxygen atoms in total. The third-order valence-corrected chi connectivity index (χ3v) is 3.75. The van der Waals surface area contributed by atoms with Gasteiger partial charge >= 0.3 is 0 Å². The average molecular weight is 281 g/mol. The summed E-state index contributed by atoms with van der Waals surface area (Å²) in [5.74, 6) is 1.62. The van der Waals surface area contributed by atoms with Gasteiger partial charge in [0.05, 0.1) is 10.6 Å². The number of amides is 1. The first-order chi connectivity index (χ1) is 8.82. The molecule has 1 saturated heterocycles. The SMILES string of the molecule is C#CC1CC(=O)N(c2cc(S(=O)(=O)O)ccc2O)C1. The Kier molecular flexibility index (Phi) is 3.22. The molecule has 1 aliphatic rings. The van der Waals surface area contributed by atoms with Gasteiger partial charge in [-0.15, -0.1) is 12.3 Å². The van der Waals surface area contributed by atoms with Crippen molar-refractivity contribution in [3.8, 4) is 18.1 Å². The van der Waals surface area contributed by atoms with Gasteiger partial charge in [-0.3, -0.25) is 9.35 Å². The molecule has 0 saturated carbocycles. The number of carbonyl (C=O) groups is 1. The summed E-state index contributed by atoms with van der Waals surface area (Å²) in [6, 6.07) is 3.20. The Morgan fingerprint density at radius 2 is 2.11 bits per heavy atom. The van der Waals surface area contributed by atoms with Gasteiger partial charge in [0.25, 0.3) is 10.1 Å². The number of nitrogens with zero attached hydrogens (tertiary/aromatic N) is 1. The summed E-state index contributed by atoms with van der Waals surface area (Å²) in [6.07, 6.45) is 5.39. The van der Waals surface area contributed by atoms with Gasteiger partial charge in [0, 0.05) is 18.9 Å². The zero-order chi connectivity index (χ0) is 14.2.